The third-order valence-corrected chi connectivity index (χ3v) is 5.11. The zero-order valence-electron chi connectivity index (χ0n) is 11.6. The van der Waals surface area contributed by atoms with E-state index in [9.17, 15) is 0 Å². The molecule has 1 aliphatic carbocycles. The second-order valence-corrected chi connectivity index (χ2v) is 6.39. The largest absolute Gasteiger partial charge is 0.317 e. The molecule has 0 spiro atoms. The molecule has 0 unspecified atom stereocenters. The van der Waals surface area contributed by atoms with Gasteiger partial charge in [0.2, 0.25) is 0 Å². The SMILES string of the molecule is CCNCCC1(c2ccc(Cl)c(Cl)c2)CCCCC1. The van der Waals surface area contributed by atoms with Gasteiger partial charge in [0.05, 0.1) is 10.0 Å². The molecule has 1 nitrogen and oxygen atoms in total. The predicted molar refractivity (Wildman–Crippen MR) is 84.4 cm³/mol. The number of nitrogens with one attached hydrogen (secondary N) is 1. The van der Waals surface area contributed by atoms with Crippen LogP contribution in [0.25, 0.3) is 0 Å². The van der Waals surface area contributed by atoms with Gasteiger partial charge in [-0.2, -0.15) is 0 Å². The van der Waals surface area contributed by atoms with E-state index in [1.807, 2.05) is 6.07 Å². The van der Waals surface area contributed by atoms with Gasteiger partial charge in [-0.1, -0.05) is 55.5 Å². The molecular weight excluding hydrogens is 277 g/mol. The summed E-state index contributed by atoms with van der Waals surface area (Å²) in [4.78, 5) is 0. The van der Waals surface area contributed by atoms with Crippen molar-refractivity contribution in [1.82, 2.24) is 5.32 Å². The lowest BCUT2D eigenvalue weighted by Crippen LogP contribution is -2.33. The van der Waals surface area contributed by atoms with Crippen LogP contribution in [0.5, 0.6) is 0 Å². The van der Waals surface area contributed by atoms with Gasteiger partial charge in [0, 0.05) is 0 Å². The van der Waals surface area contributed by atoms with Crippen LogP contribution >= 0.6 is 23.2 Å². The quantitative estimate of drug-likeness (QED) is 0.737. The Labute approximate surface area is 126 Å². The summed E-state index contributed by atoms with van der Waals surface area (Å²) in [6.45, 7) is 4.28. The molecular formula is C16H23Cl2N. The van der Waals surface area contributed by atoms with Crippen LogP contribution in [0, 0.1) is 0 Å². The van der Waals surface area contributed by atoms with Crippen molar-refractivity contribution >= 4 is 23.2 Å². The molecule has 3 heteroatoms. The van der Waals surface area contributed by atoms with Crippen LogP contribution in [-0.4, -0.2) is 13.1 Å². The van der Waals surface area contributed by atoms with Crippen molar-refractivity contribution in [3.05, 3.63) is 33.8 Å². The monoisotopic (exact) mass is 299 g/mol. The standard InChI is InChI=1S/C16H23Cl2N/c1-2-19-11-10-16(8-4-3-5-9-16)13-6-7-14(17)15(18)12-13/h6-7,12,19H,2-5,8-11H2,1H3. The van der Waals surface area contributed by atoms with E-state index in [2.05, 4.69) is 24.4 Å². The van der Waals surface area contributed by atoms with E-state index < -0.39 is 0 Å². The lowest BCUT2D eigenvalue weighted by atomic mass is 9.67. The molecule has 106 valence electrons. The minimum absolute atomic E-state index is 0.300. The molecule has 1 aromatic rings. The summed E-state index contributed by atoms with van der Waals surface area (Å²) in [5.41, 5.74) is 1.67. The lowest BCUT2D eigenvalue weighted by Gasteiger charge is -2.38. The highest BCUT2D eigenvalue weighted by Gasteiger charge is 2.33. The zero-order chi connectivity index (χ0) is 13.7. The summed E-state index contributed by atoms with van der Waals surface area (Å²) >= 11 is 12.3. The molecule has 0 heterocycles. The molecule has 0 aromatic heterocycles. The highest BCUT2D eigenvalue weighted by atomic mass is 35.5. The molecule has 0 atom stereocenters. The van der Waals surface area contributed by atoms with Crippen molar-refractivity contribution < 1.29 is 0 Å². The second kappa shape index (κ2) is 6.97. The second-order valence-electron chi connectivity index (χ2n) is 5.57. The van der Waals surface area contributed by atoms with E-state index in [0.29, 0.717) is 15.5 Å². The summed E-state index contributed by atoms with van der Waals surface area (Å²) in [5, 5.41) is 4.80. The number of hydrogen-bond acceptors (Lipinski definition) is 1. The van der Waals surface area contributed by atoms with E-state index >= 15 is 0 Å². The molecule has 19 heavy (non-hydrogen) atoms. The summed E-state index contributed by atoms with van der Waals surface area (Å²) in [6.07, 6.45) is 7.76. The molecule has 2 rings (SSSR count). The Bertz CT molecular complexity index is 411. The van der Waals surface area contributed by atoms with Gasteiger partial charge in [-0.25, -0.2) is 0 Å². The van der Waals surface area contributed by atoms with Gasteiger partial charge in [0.25, 0.3) is 0 Å². The topological polar surface area (TPSA) is 12.0 Å². The summed E-state index contributed by atoms with van der Waals surface area (Å²) in [7, 11) is 0. The Morgan fingerprint density at radius 2 is 1.84 bits per heavy atom. The fourth-order valence-corrected chi connectivity index (χ4v) is 3.54. The van der Waals surface area contributed by atoms with E-state index in [1.54, 1.807) is 0 Å². The molecule has 0 aliphatic heterocycles. The average Bonchev–Trinajstić information content (AvgIpc) is 2.43. The van der Waals surface area contributed by atoms with Gasteiger partial charge in [0.15, 0.2) is 0 Å². The number of hydrogen-bond donors (Lipinski definition) is 1. The molecule has 1 aromatic carbocycles. The lowest BCUT2D eigenvalue weighted by molar-refractivity contribution is 0.271. The highest BCUT2D eigenvalue weighted by Crippen LogP contribution is 2.43. The molecule has 1 aliphatic rings. The van der Waals surface area contributed by atoms with E-state index in [1.165, 1.54) is 44.1 Å². The fraction of sp³-hybridized carbons (Fsp3) is 0.625. The summed E-state index contributed by atoms with van der Waals surface area (Å²) in [6, 6.07) is 6.20. The molecule has 0 radical (unpaired) electrons. The van der Waals surface area contributed by atoms with Crippen LogP contribution in [0.15, 0.2) is 18.2 Å². The number of halogens is 2. The van der Waals surface area contributed by atoms with Crippen LogP contribution in [0.4, 0.5) is 0 Å². The molecule has 0 saturated heterocycles. The van der Waals surface area contributed by atoms with Crippen LogP contribution in [0.3, 0.4) is 0 Å². The van der Waals surface area contributed by atoms with E-state index in [4.69, 9.17) is 23.2 Å². The Morgan fingerprint density at radius 3 is 2.47 bits per heavy atom. The Balaban J connectivity index is 2.22. The van der Waals surface area contributed by atoms with Gasteiger partial charge in [0.1, 0.15) is 0 Å². The van der Waals surface area contributed by atoms with E-state index in [0.717, 1.165) is 13.1 Å². The summed E-state index contributed by atoms with van der Waals surface area (Å²) < 4.78 is 0. The van der Waals surface area contributed by atoms with Crippen LogP contribution in [-0.2, 0) is 5.41 Å². The number of benzene rings is 1. The number of rotatable bonds is 5. The van der Waals surface area contributed by atoms with Crippen LogP contribution < -0.4 is 5.32 Å². The maximum absolute atomic E-state index is 6.21. The first-order chi connectivity index (χ1) is 9.18. The first-order valence-corrected chi connectivity index (χ1v) is 8.10. The molecule has 1 saturated carbocycles. The average molecular weight is 300 g/mol. The Morgan fingerprint density at radius 1 is 1.11 bits per heavy atom. The van der Waals surface area contributed by atoms with Crippen LogP contribution in [0.2, 0.25) is 10.0 Å². The maximum Gasteiger partial charge on any atom is 0.0595 e. The van der Waals surface area contributed by atoms with E-state index in [-0.39, 0.29) is 0 Å². The smallest absolute Gasteiger partial charge is 0.0595 e. The Kier molecular flexibility index (Phi) is 5.56. The normalized spacial score (nSPS) is 18.5. The highest BCUT2D eigenvalue weighted by molar-refractivity contribution is 6.42. The van der Waals surface area contributed by atoms with Gasteiger partial charge >= 0.3 is 0 Å². The molecule has 1 N–H and O–H groups in total. The van der Waals surface area contributed by atoms with Crippen molar-refractivity contribution in [3.8, 4) is 0 Å². The minimum Gasteiger partial charge on any atom is -0.317 e. The molecule has 0 bridgehead atoms. The fourth-order valence-electron chi connectivity index (χ4n) is 3.24. The molecule has 1 fully saturated rings. The third-order valence-electron chi connectivity index (χ3n) is 4.37. The summed E-state index contributed by atoms with van der Waals surface area (Å²) in [5.74, 6) is 0. The first-order valence-electron chi connectivity index (χ1n) is 7.34. The Hall–Kier alpha value is -0.240. The predicted octanol–water partition coefficient (Wildman–Crippen LogP) is 5.19. The van der Waals surface area contributed by atoms with Gasteiger partial charge in [-0.15, -0.1) is 0 Å². The molecule has 0 amide bonds. The minimum atomic E-state index is 0.300. The first kappa shape index (κ1) is 15.2. The van der Waals surface area contributed by atoms with Crippen LogP contribution in [0.1, 0.15) is 51.0 Å². The van der Waals surface area contributed by atoms with Gasteiger partial charge < -0.3 is 5.32 Å². The van der Waals surface area contributed by atoms with Gasteiger partial charge in [-0.05, 0) is 55.5 Å². The third kappa shape index (κ3) is 3.65. The zero-order valence-corrected chi connectivity index (χ0v) is 13.2. The van der Waals surface area contributed by atoms with Crippen molar-refractivity contribution in [2.75, 3.05) is 13.1 Å². The van der Waals surface area contributed by atoms with Gasteiger partial charge in [-0.3, -0.25) is 0 Å². The van der Waals surface area contributed by atoms with Crippen molar-refractivity contribution in [2.24, 2.45) is 0 Å². The van der Waals surface area contributed by atoms with Crippen molar-refractivity contribution in [2.45, 2.75) is 50.9 Å². The van der Waals surface area contributed by atoms with Crippen molar-refractivity contribution in [3.63, 3.8) is 0 Å². The maximum atomic E-state index is 6.21. The van der Waals surface area contributed by atoms with Crippen molar-refractivity contribution in [1.29, 1.82) is 0 Å².